The number of anilines is 2. The first-order chi connectivity index (χ1) is 16.3. The molecule has 0 aliphatic carbocycles. The maximum atomic E-state index is 14.0. The van der Waals surface area contributed by atoms with Gasteiger partial charge in [-0.25, -0.2) is 12.8 Å². The Hall–Kier alpha value is -3.21. The number of fused-ring (bicyclic) bond motifs is 2. The number of aromatic nitrogens is 1. The van der Waals surface area contributed by atoms with E-state index in [1.54, 1.807) is 0 Å². The zero-order chi connectivity index (χ0) is 25.7. The molecule has 0 saturated heterocycles. The van der Waals surface area contributed by atoms with Crippen molar-refractivity contribution in [2.24, 2.45) is 10.7 Å². The molecule has 0 saturated carbocycles. The third kappa shape index (κ3) is 4.95. The second-order valence-electron chi connectivity index (χ2n) is 8.75. The van der Waals surface area contributed by atoms with E-state index in [9.17, 15) is 32.2 Å². The van der Waals surface area contributed by atoms with Gasteiger partial charge in [0, 0.05) is 17.6 Å². The van der Waals surface area contributed by atoms with Crippen LogP contribution in [0.5, 0.6) is 5.75 Å². The molecule has 1 aromatic heterocycles. The normalized spacial score (nSPS) is 17.7. The average Bonchev–Trinajstić information content (AvgIpc) is 2.73. The van der Waals surface area contributed by atoms with E-state index in [-0.39, 0.29) is 45.9 Å². The van der Waals surface area contributed by atoms with E-state index in [0.29, 0.717) is 11.9 Å². The summed E-state index contributed by atoms with van der Waals surface area (Å²) in [7, 11) is -8.12. The summed E-state index contributed by atoms with van der Waals surface area (Å²) in [5.74, 6) is -1.30. The van der Waals surface area contributed by atoms with Gasteiger partial charge in [0.05, 0.1) is 22.8 Å². The van der Waals surface area contributed by atoms with Crippen molar-refractivity contribution in [1.82, 2.24) is 4.57 Å². The molecule has 0 radical (unpaired) electrons. The topological polar surface area (TPSA) is 150 Å². The van der Waals surface area contributed by atoms with Crippen LogP contribution in [-0.2, 0) is 21.1 Å². The number of amidine groups is 1. The van der Waals surface area contributed by atoms with Gasteiger partial charge in [0.15, 0.2) is 5.84 Å². The molecule has 186 valence electrons. The molecule has 4 N–H and O–H groups in total. The molecule has 1 unspecified atom stereocenters. The lowest BCUT2D eigenvalue weighted by molar-refractivity contribution is 0.473. The molecule has 1 aliphatic rings. The van der Waals surface area contributed by atoms with Gasteiger partial charge < -0.3 is 19.9 Å². The molecule has 1 aliphatic heterocycles. The number of hydrogen-bond acceptors (Lipinski definition) is 6. The number of aryl methyl sites for hydroxylation is 1. The number of hydrogen-bond donors (Lipinski definition) is 4. The highest BCUT2D eigenvalue weighted by Crippen LogP contribution is 2.47. The van der Waals surface area contributed by atoms with Crippen LogP contribution >= 0.6 is 7.52 Å². The second kappa shape index (κ2) is 8.78. The maximum Gasteiger partial charge on any atom is 0.346 e. The van der Waals surface area contributed by atoms with Gasteiger partial charge in [-0.2, -0.15) is 4.76 Å². The summed E-state index contributed by atoms with van der Waals surface area (Å²) in [4.78, 5) is 24.1. The average molecular weight is 522 g/mol. The predicted molar refractivity (Wildman–Crippen MR) is 134 cm³/mol. The molecule has 35 heavy (non-hydrogen) atoms. The highest BCUT2D eigenvalue weighted by Gasteiger charge is 2.33. The largest absolute Gasteiger partial charge is 0.506 e. The van der Waals surface area contributed by atoms with E-state index in [1.807, 2.05) is 13.8 Å². The molecule has 2 heterocycles. The Morgan fingerprint density at radius 3 is 2.60 bits per heavy atom. The molecular formula is C22H24FN4O6PS. The van der Waals surface area contributed by atoms with Gasteiger partial charge in [-0.3, -0.25) is 14.1 Å². The molecule has 1 atom stereocenters. The second-order valence-corrected chi connectivity index (χ2v) is 12.3. The molecule has 13 heteroatoms. The lowest BCUT2D eigenvalue weighted by Crippen LogP contribution is -2.33. The molecule has 0 amide bonds. The Morgan fingerprint density at radius 2 is 1.94 bits per heavy atom. The number of nitrogens with zero attached hydrogens (tertiary/aromatic N) is 2. The fourth-order valence-electron chi connectivity index (χ4n) is 3.85. The van der Waals surface area contributed by atoms with Crippen molar-refractivity contribution >= 4 is 51.0 Å². The summed E-state index contributed by atoms with van der Waals surface area (Å²) >= 11 is 0. The number of rotatable bonds is 6. The lowest BCUT2D eigenvalue weighted by atomic mass is 10.1. The van der Waals surface area contributed by atoms with Crippen LogP contribution in [0.2, 0.25) is 0 Å². The van der Waals surface area contributed by atoms with Gasteiger partial charge in [0.1, 0.15) is 17.1 Å². The molecule has 0 spiro atoms. The van der Waals surface area contributed by atoms with Crippen LogP contribution in [0.1, 0.15) is 25.8 Å². The number of sulfonamides is 1. The van der Waals surface area contributed by atoms with Gasteiger partial charge in [-0.15, -0.1) is 0 Å². The maximum absolute atomic E-state index is 14.0. The first kappa shape index (κ1) is 24.9. The van der Waals surface area contributed by atoms with E-state index >= 15 is 0 Å². The van der Waals surface area contributed by atoms with E-state index in [4.69, 9.17) is 0 Å². The van der Waals surface area contributed by atoms with Gasteiger partial charge in [0.25, 0.3) is 5.56 Å². The number of pyridine rings is 1. The van der Waals surface area contributed by atoms with E-state index in [0.717, 1.165) is 12.3 Å². The monoisotopic (exact) mass is 522 g/mol. The summed E-state index contributed by atoms with van der Waals surface area (Å²) in [5, 5.41) is 13.6. The van der Waals surface area contributed by atoms with E-state index < -0.39 is 34.7 Å². The zero-order valence-corrected chi connectivity index (χ0v) is 20.8. The third-order valence-corrected chi connectivity index (χ3v) is 7.55. The fraction of sp³-hybridized carbons (Fsp3) is 0.273. The molecule has 4 rings (SSSR count). The third-order valence-electron chi connectivity index (χ3n) is 5.47. The van der Waals surface area contributed by atoms with Crippen LogP contribution in [-0.4, -0.2) is 35.1 Å². The first-order valence-corrected chi connectivity index (χ1v) is 14.1. The molecule has 0 fully saturated rings. The zero-order valence-electron chi connectivity index (χ0n) is 19.1. The van der Waals surface area contributed by atoms with Crippen LogP contribution in [0.25, 0.3) is 10.9 Å². The SMILES string of the molecule is CC(C)CCn1c(=O)c(C2=NP(=O)(O)c3cc(NS(C)(=O)=O)ccc3N2)c(O)c2cc(F)ccc21. The van der Waals surface area contributed by atoms with Crippen LogP contribution in [0.15, 0.2) is 46.0 Å². The number of aromatic hydroxyl groups is 1. The molecule has 3 aromatic rings. The van der Waals surface area contributed by atoms with E-state index in [1.165, 1.54) is 34.9 Å². The summed E-state index contributed by atoms with van der Waals surface area (Å²) in [6.07, 6.45) is 1.56. The lowest BCUT2D eigenvalue weighted by Gasteiger charge is -2.24. The van der Waals surface area contributed by atoms with Crippen LogP contribution in [0.3, 0.4) is 0 Å². The van der Waals surface area contributed by atoms with Gasteiger partial charge >= 0.3 is 7.52 Å². The van der Waals surface area contributed by atoms with Crippen LogP contribution < -0.4 is 20.9 Å². The minimum atomic E-state index is -4.49. The minimum absolute atomic E-state index is 0.0547. The summed E-state index contributed by atoms with van der Waals surface area (Å²) < 4.78 is 57.6. The minimum Gasteiger partial charge on any atom is -0.506 e. The van der Waals surface area contributed by atoms with Crippen molar-refractivity contribution in [2.75, 3.05) is 16.3 Å². The summed E-state index contributed by atoms with van der Waals surface area (Å²) in [6, 6.07) is 7.55. The first-order valence-electron chi connectivity index (χ1n) is 10.6. The van der Waals surface area contributed by atoms with Gasteiger partial charge in [-0.05, 0) is 48.7 Å². The highest BCUT2D eigenvalue weighted by molar-refractivity contribution is 7.92. The van der Waals surface area contributed by atoms with Crippen molar-refractivity contribution in [2.45, 2.75) is 26.8 Å². The van der Waals surface area contributed by atoms with Crippen molar-refractivity contribution in [1.29, 1.82) is 0 Å². The van der Waals surface area contributed by atoms with Crippen LogP contribution in [0.4, 0.5) is 15.8 Å². The Kier molecular flexibility index (Phi) is 6.25. The smallest absolute Gasteiger partial charge is 0.346 e. The van der Waals surface area contributed by atoms with Gasteiger partial charge in [-0.1, -0.05) is 13.8 Å². The van der Waals surface area contributed by atoms with Crippen molar-refractivity contribution in [3.63, 3.8) is 0 Å². The highest BCUT2D eigenvalue weighted by atomic mass is 32.2. The Bertz CT molecular complexity index is 1600. The molecular weight excluding hydrogens is 498 g/mol. The fourth-order valence-corrected chi connectivity index (χ4v) is 5.68. The van der Waals surface area contributed by atoms with Crippen molar-refractivity contribution in [3.8, 4) is 5.75 Å². The Labute approximate surface area is 200 Å². The molecule has 2 aromatic carbocycles. The number of halogens is 1. The van der Waals surface area contributed by atoms with Crippen LogP contribution in [0, 0.1) is 11.7 Å². The number of nitrogens with one attached hydrogen (secondary N) is 2. The van der Waals surface area contributed by atoms with E-state index in [2.05, 4.69) is 14.8 Å². The standard InChI is InChI=1S/C22H24FN4O6PS/c1-12(2)8-9-27-17-7-4-13(23)10-15(17)20(28)19(22(27)29)21-24-16-6-5-14(26-35(3,32)33)11-18(16)34(30,31)25-21/h4-7,10-12,26,28H,8-9H2,1-3H3,(H2,24,25,30,31). The number of benzene rings is 2. The summed E-state index contributed by atoms with van der Waals surface area (Å²) in [6.45, 7) is 4.23. The quantitative estimate of drug-likeness (QED) is 0.364. The predicted octanol–water partition coefficient (Wildman–Crippen LogP) is 2.95. The Balaban J connectivity index is 1.90. The van der Waals surface area contributed by atoms with Crippen molar-refractivity contribution in [3.05, 3.63) is 58.1 Å². The van der Waals surface area contributed by atoms with Crippen molar-refractivity contribution < 1.29 is 27.4 Å². The molecule has 0 bridgehead atoms. The molecule has 10 nitrogen and oxygen atoms in total. The Morgan fingerprint density at radius 1 is 1.23 bits per heavy atom. The summed E-state index contributed by atoms with van der Waals surface area (Å²) in [5.41, 5.74) is -0.552. The van der Waals surface area contributed by atoms with Gasteiger partial charge in [0.2, 0.25) is 10.0 Å².